The number of carbonyl (C=O) groups is 1. The summed E-state index contributed by atoms with van der Waals surface area (Å²) in [6.07, 6.45) is 3.63. The van der Waals surface area contributed by atoms with Crippen molar-refractivity contribution in [2.24, 2.45) is 0 Å². The Hall–Kier alpha value is -2.15. The van der Waals surface area contributed by atoms with Crippen LogP contribution < -0.4 is 15.5 Å². The highest BCUT2D eigenvalue weighted by molar-refractivity contribution is 7.19. The van der Waals surface area contributed by atoms with Gasteiger partial charge in [-0.1, -0.05) is 41.7 Å². The molecule has 1 aromatic carbocycles. The smallest absolute Gasteiger partial charge is 0.321 e. The minimum Gasteiger partial charge on any atom is -0.344 e. The summed E-state index contributed by atoms with van der Waals surface area (Å²) in [6.45, 7) is 3.71. The first-order valence-electron chi connectivity index (χ1n) is 7.91. The number of hydrogen-bond acceptors (Lipinski definition) is 5. The third-order valence-electron chi connectivity index (χ3n) is 3.98. The van der Waals surface area contributed by atoms with E-state index >= 15 is 0 Å². The molecule has 0 radical (unpaired) electrons. The number of benzene rings is 1. The van der Waals surface area contributed by atoms with Crippen LogP contribution in [0.2, 0.25) is 0 Å². The lowest BCUT2D eigenvalue weighted by Crippen LogP contribution is -2.37. The molecule has 2 N–H and O–H groups in total. The largest absolute Gasteiger partial charge is 0.344 e. The van der Waals surface area contributed by atoms with E-state index in [0.29, 0.717) is 17.7 Å². The normalized spacial score (nSPS) is 17.8. The van der Waals surface area contributed by atoms with Crippen LogP contribution in [0.25, 0.3) is 0 Å². The summed E-state index contributed by atoms with van der Waals surface area (Å²) in [4.78, 5) is 14.2. The fraction of sp³-hybridized carbons (Fsp3) is 0.438. The van der Waals surface area contributed by atoms with Crippen LogP contribution in [0.1, 0.15) is 31.7 Å². The minimum absolute atomic E-state index is 0.261. The van der Waals surface area contributed by atoms with Crippen LogP contribution >= 0.6 is 11.3 Å². The SMILES string of the molecule is C[C@@H]1CCCCN1c1nnc(NC(=O)NCc2ccccc2)s1. The summed E-state index contributed by atoms with van der Waals surface area (Å²) in [7, 11) is 0. The first-order valence-corrected chi connectivity index (χ1v) is 8.73. The van der Waals surface area contributed by atoms with Crippen LogP contribution in [0.3, 0.4) is 0 Å². The van der Waals surface area contributed by atoms with Crippen LogP contribution in [-0.4, -0.2) is 28.8 Å². The van der Waals surface area contributed by atoms with Gasteiger partial charge in [-0.2, -0.15) is 0 Å². The fourth-order valence-electron chi connectivity index (χ4n) is 2.68. The van der Waals surface area contributed by atoms with Crippen LogP contribution in [-0.2, 0) is 6.54 Å². The molecule has 1 aliphatic rings. The highest BCUT2D eigenvalue weighted by Crippen LogP contribution is 2.29. The summed E-state index contributed by atoms with van der Waals surface area (Å²) < 4.78 is 0. The average Bonchev–Trinajstić information content (AvgIpc) is 3.02. The molecule has 0 unspecified atom stereocenters. The number of urea groups is 1. The Kier molecular flexibility index (Phi) is 5.07. The van der Waals surface area contributed by atoms with Crippen molar-refractivity contribution in [1.82, 2.24) is 15.5 Å². The maximum atomic E-state index is 11.9. The Labute approximate surface area is 139 Å². The Balaban J connectivity index is 1.53. The van der Waals surface area contributed by atoms with Gasteiger partial charge in [0.2, 0.25) is 10.3 Å². The van der Waals surface area contributed by atoms with Gasteiger partial charge >= 0.3 is 6.03 Å². The maximum Gasteiger partial charge on any atom is 0.321 e. The van der Waals surface area contributed by atoms with Gasteiger partial charge in [-0.3, -0.25) is 5.32 Å². The predicted octanol–water partition coefficient (Wildman–Crippen LogP) is 3.24. The number of nitrogens with one attached hydrogen (secondary N) is 2. The molecule has 1 aromatic heterocycles. The van der Waals surface area contributed by atoms with Crippen molar-refractivity contribution in [1.29, 1.82) is 0 Å². The zero-order chi connectivity index (χ0) is 16.1. The number of aromatic nitrogens is 2. The van der Waals surface area contributed by atoms with Crippen molar-refractivity contribution >= 4 is 27.6 Å². The van der Waals surface area contributed by atoms with Crippen LogP contribution in [0, 0.1) is 0 Å². The second-order valence-corrected chi connectivity index (χ2v) is 6.68. The summed E-state index contributed by atoms with van der Waals surface area (Å²) in [5.74, 6) is 0. The summed E-state index contributed by atoms with van der Waals surface area (Å²) in [6, 6.07) is 10.0. The van der Waals surface area contributed by atoms with Crippen molar-refractivity contribution in [3.05, 3.63) is 35.9 Å². The molecule has 23 heavy (non-hydrogen) atoms. The van der Waals surface area contributed by atoms with Crippen molar-refractivity contribution in [3.63, 3.8) is 0 Å². The lowest BCUT2D eigenvalue weighted by atomic mass is 10.1. The Morgan fingerprint density at radius 1 is 1.30 bits per heavy atom. The van der Waals surface area contributed by atoms with Gasteiger partial charge in [0.15, 0.2) is 0 Å². The van der Waals surface area contributed by atoms with Gasteiger partial charge in [0.05, 0.1) is 0 Å². The van der Waals surface area contributed by atoms with E-state index in [-0.39, 0.29) is 6.03 Å². The minimum atomic E-state index is -0.261. The monoisotopic (exact) mass is 331 g/mol. The number of hydrogen-bond donors (Lipinski definition) is 2. The quantitative estimate of drug-likeness (QED) is 0.902. The van der Waals surface area contributed by atoms with Crippen LogP contribution in [0.15, 0.2) is 30.3 Å². The molecule has 2 aromatic rings. The Morgan fingerprint density at radius 3 is 2.91 bits per heavy atom. The van der Waals surface area contributed by atoms with Gasteiger partial charge in [-0.15, -0.1) is 10.2 Å². The van der Waals surface area contributed by atoms with Gasteiger partial charge in [0, 0.05) is 19.1 Å². The van der Waals surface area contributed by atoms with E-state index in [1.165, 1.54) is 30.6 Å². The third kappa shape index (κ3) is 4.19. The third-order valence-corrected chi connectivity index (χ3v) is 4.86. The average molecular weight is 331 g/mol. The zero-order valence-corrected chi connectivity index (χ0v) is 14.0. The number of anilines is 2. The molecule has 0 spiro atoms. The molecule has 2 amide bonds. The summed E-state index contributed by atoms with van der Waals surface area (Å²) in [5, 5.41) is 15.3. The summed E-state index contributed by atoms with van der Waals surface area (Å²) in [5.41, 5.74) is 1.06. The van der Waals surface area contributed by atoms with E-state index in [9.17, 15) is 4.79 Å². The number of amides is 2. The van der Waals surface area contributed by atoms with Gasteiger partial charge < -0.3 is 10.2 Å². The van der Waals surface area contributed by atoms with E-state index in [0.717, 1.165) is 17.2 Å². The van der Waals surface area contributed by atoms with Gasteiger partial charge in [0.1, 0.15) is 0 Å². The van der Waals surface area contributed by atoms with Crippen molar-refractivity contribution in [2.75, 3.05) is 16.8 Å². The lowest BCUT2D eigenvalue weighted by Gasteiger charge is -2.32. The molecular formula is C16H21N5OS. The van der Waals surface area contributed by atoms with Gasteiger partial charge in [-0.25, -0.2) is 4.79 Å². The number of carbonyl (C=O) groups excluding carboxylic acids is 1. The van der Waals surface area contributed by atoms with E-state index in [1.54, 1.807) is 0 Å². The molecule has 2 heterocycles. The molecule has 6 nitrogen and oxygen atoms in total. The highest BCUT2D eigenvalue weighted by Gasteiger charge is 2.22. The molecule has 1 fully saturated rings. The predicted molar refractivity (Wildman–Crippen MR) is 92.9 cm³/mol. The first kappa shape index (κ1) is 15.7. The maximum absolute atomic E-state index is 11.9. The Morgan fingerprint density at radius 2 is 2.13 bits per heavy atom. The number of rotatable bonds is 4. The fourth-order valence-corrected chi connectivity index (χ4v) is 3.55. The number of nitrogens with zero attached hydrogens (tertiary/aromatic N) is 3. The summed E-state index contributed by atoms with van der Waals surface area (Å²) >= 11 is 1.42. The topological polar surface area (TPSA) is 70.2 Å². The van der Waals surface area contributed by atoms with Gasteiger partial charge in [0.25, 0.3) is 0 Å². The van der Waals surface area contributed by atoms with E-state index in [1.807, 2.05) is 30.3 Å². The van der Waals surface area contributed by atoms with E-state index in [4.69, 9.17) is 0 Å². The van der Waals surface area contributed by atoms with E-state index in [2.05, 4.69) is 32.7 Å². The second-order valence-electron chi connectivity index (χ2n) is 5.72. The molecule has 122 valence electrons. The molecule has 3 rings (SSSR count). The van der Waals surface area contributed by atoms with Gasteiger partial charge in [-0.05, 0) is 31.7 Å². The lowest BCUT2D eigenvalue weighted by molar-refractivity contribution is 0.251. The van der Waals surface area contributed by atoms with Crippen molar-refractivity contribution < 1.29 is 4.79 Å². The molecule has 7 heteroatoms. The molecule has 1 atom stereocenters. The molecule has 0 bridgehead atoms. The second kappa shape index (κ2) is 7.41. The molecule has 0 aliphatic carbocycles. The Bertz CT molecular complexity index is 645. The molecule has 1 saturated heterocycles. The standard InChI is InChI=1S/C16H21N5OS/c1-12-7-5-6-10-21(12)16-20-19-15(23-16)18-14(22)17-11-13-8-3-2-4-9-13/h2-4,8-9,12H,5-7,10-11H2,1H3,(H2,17,18,19,22)/t12-/m1/s1. The van der Waals surface area contributed by atoms with Crippen molar-refractivity contribution in [3.8, 4) is 0 Å². The zero-order valence-electron chi connectivity index (χ0n) is 13.2. The number of piperidine rings is 1. The van der Waals surface area contributed by atoms with Crippen molar-refractivity contribution in [2.45, 2.75) is 38.8 Å². The van der Waals surface area contributed by atoms with E-state index < -0.39 is 0 Å². The van der Waals surface area contributed by atoms with Crippen LogP contribution in [0.4, 0.5) is 15.1 Å². The highest BCUT2D eigenvalue weighted by atomic mass is 32.1. The molecular weight excluding hydrogens is 310 g/mol. The molecule has 1 aliphatic heterocycles. The first-order chi connectivity index (χ1) is 11.2. The molecule has 0 saturated carbocycles. The van der Waals surface area contributed by atoms with Crippen LogP contribution in [0.5, 0.6) is 0 Å².